The van der Waals surface area contributed by atoms with Crippen molar-refractivity contribution in [1.82, 2.24) is 19.9 Å². The van der Waals surface area contributed by atoms with Crippen LogP contribution >= 0.6 is 0 Å². The normalized spacial score (nSPS) is 19.8. The third-order valence-corrected chi connectivity index (χ3v) is 8.13. The molecule has 9 nitrogen and oxygen atoms in total. The standard InChI is InChI=1S/C28H37N5O4/c29-27(36)24(14-20-15-30-16-31-20)33(28(37)22-13-19-8-4-5-9-21(19)32-22)23(12-17-6-2-1-3-7-17)26(35)25(34)18-10-11-18/h4-5,8-9,13,15-18,23-26,32,34-35H,1-3,6-7,10-12,14H2,(H2,29,36)(H,30,31)/t23-,24?,25-,26+/m0/s1. The Morgan fingerprint density at radius 2 is 1.86 bits per heavy atom. The van der Waals surface area contributed by atoms with Crippen LogP contribution in [0.2, 0.25) is 0 Å². The van der Waals surface area contributed by atoms with Crippen LogP contribution in [-0.2, 0) is 11.2 Å². The molecule has 1 aromatic carbocycles. The molecule has 4 atom stereocenters. The van der Waals surface area contributed by atoms with E-state index in [9.17, 15) is 19.8 Å². The highest BCUT2D eigenvalue weighted by molar-refractivity contribution is 6.00. The Morgan fingerprint density at radius 1 is 1.11 bits per heavy atom. The number of aliphatic hydroxyl groups is 2. The summed E-state index contributed by atoms with van der Waals surface area (Å²) < 4.78 is 0. The zero-order valence-corrected chi connectivity index (χ0v) is 21.1. The van der Waals surface area contributed by atoms with E-state index in [1.165, 1.54) is 17.6 Å². The van der Waals surface area contributed by atoms with E-state index in [1.54, 1.807) is 12.3 Å². The predicted molar refractivity (Wildman–Crippen MR) is 139 cm³/mol. The SMILES string of the molecule is NC(=O)C(Cc1cnc[nH]1)N(C(=O)c1cc2ccccc2[nH]1)[C@@H](CC1CCCCC1)[C@@H](O)[C@@H](O)C1CC1. The molecule has 0 spiro atoms. The number of para-hydroxylation sites is 1. The second-order valence-electron chi connectivity index (χ2n) is 10.8. The number of primary amides is 1. The molecule has 198 valence electrons. The molecule has 37 heavy (non-hydrogen) atoms. The molecule has 0 saturated heterocycles. The van der Waals surface area contributed by atoms with Gasteiger partial charge in [0.05, 0.1) is 18.5 Å². The van der Waals surface area contributed by atoms with Gasteiger partial charge in [-0.3, -0.25) is 9.59 Å². The highest BCUT2D eigenvalue weighted by atomic mass is 16.3. The fourth-order valence-corrected chi connectivity index (χ4v) is 5.92. The van der Waals surface area contributed by atoms with E-state index in [1.807, 2.05) is 24.3 Å². The Hall–Kier alpha value is -3.17. The molecule has 6 N–H and O–H groups in total. The zero-order valence-electron chi connectivity index (χ0n) is 21.1. The summed E-state index contributed by atoms with van der Waals surface area (Å²) in [6, 6.07) is 7.55. The Labute approximate surface area is 216 Å². The molecule has 0 radical (unpaired) electrons. The van der Waals surface area contributed by atoms with Gasteiger partial charge in [-0.25, -0.2) is 4.98 Å². The van der Waals surface area contributed by atoms with Gasteiger partial charge in [-0.15, -0.1) is 0 Å². The van der Waals surface area contributed by atoms with Crippen molar-refractivity contribution in [1.29, 1.82) is 0 Å². The fourth-order valence-electron chi connectivity index (χ4n) is 5.92. The summed E-state index contributed by atoms with van der Waals surface area (Å²) in [5, 5.41) is 23.4. The molecule has 2 aliphatic carbocycles. The van der Waals surface area contributed by atoms with Crippen LogP contribution in [0.3, 0.4) is 0 Å². The molecule has 2 heterocycles. The highest BCUT2D eigenvalue weighted by Gasteiger charge is 2.45. The molecule has 2 fully saturated rings. The maximum absolute atomic E-state index is 14.3. The van der Waals surface area contributed by atoms with Crippen molar-refractivity contribution in [2.75, 3.05) is 0 Å². The van der Waals surface area contributed by atoms with Crippen LogP contribution in [0.1, 0.15) is 67.5 Å². The Balaban J connectivity index is 1.56. The van der Waals surface area contributed by atoms with E-state index in [0.29, 0.717) is 23.7 Å². The molecule has 1 unspecified atom stereocenters. The number of benzene rings is 1. The van der Waals surface area contributed by atoms with Crippen molar-refractivity contribution in [2.45, 2.75) is 82.1 Å². The van der Waals surface area contributed by atoms with Crippen LogP contribution in [0.4, 0.5) is 0 Å². The number of hydrogen-bond acceptors (Lipinski definition) is 5. The lowest BCUT2D eigenvalue weighted by atomic mass is 9.81. The van der Waals surface area contributed by atoms with Crippen LogP contribution in [0.15, 0.2) is 42.9 Å². The lowest BCUT2D eigenvalue weighted by molar-refractivity contribution is -0.125. The van der Waals surface area contributed by atoms with Crippen molar-refractivity contribution in [3.05, 3.63) is 54.2 Å². The van der Waals surface area contributed by atoms with E-state index in [4.69, 9.17) is 5.73 Å². The van der Waals surface area contributed by atoms with Crippen LogP contribution in [0.25, 0.3) is 10.9 Å². The summed E-state index contributed by atoms with van der Waals surface area (Å²) in [6.07, 6.45) is 8.67. The van der Waals surface area contributed by atoms with E-state index < -0.39 is 36.1 Å². The zero-order chi connectivity index (χ0) is 25.9. The van der Waals surface area contributed by atoms with Gasteiger partial charge < -0.3 is 30.8 Å². The number of aromatic amines is 2. The summed E-state index contributed by atoms with van der Waals surface area (Å²) in [5.41, 5.74) is 7.72. The average Bonchev–Trinajstić information content (AvgIpc) is 3.45. The highest BCUT2D eigenvalue weighted by Crippen LogP contribution is 2.38. The maximum atomic E-state index is 14.3. The van der Waals surface area contributed by atoms with Gasteiger partial charge in [0.25, 0.3) is 5.91 Å². The summed E-state index contributed by atoms with van der Waals surface area (Å²) in [7, 11) is 0. The number of fused-ring (bicyclic) bond motifs is 1. The molecule has 0 bridgehead atoms. The molecule has 2 aliphatic rings. The molecule has 2 aromatic heterocycles. The first kappa shape index (κ1) is 25.5. The largest absolute Gasteiger partial charge is 0.390 e. The number of imidazole rings is 1. The number of carbonyl (C=O) groups excluding carboxylic acids is 2. The minimum absolute atomic E-state index is 0.00789. The summed E-state index contributed by atoms with van der Waals surface area (Å²) in [4.78, 5) is 38.9. The first-order valence-corrected chi connectivity index (χ1v) is 13.5. The number of hydrogen-bond donors (Lipinski definition) is 5. The molecule has 5 rings (SSSR count). The molecule has 0 aliphatic heterocycles. The minimum atomic E-state index is -1.19. The Bertz CT molecular complexity index is 1170. The third-order valence-electron chi connectivity index (χ3n) is 8.13. The maximum Gasteiger partial charge on any atom is 0.271 e. The predicted octanol–water partition coefficient (Wildman–Crippen LogP) is 2.90. The van der Waals surface area contributed by atoms with E-state index in [-0.39, 0.29) is 12.3 Å². The monoisotopic (exact) mass is 507 g/mol. The van der Waals surface area contributed by atoms with Crippen molar-refractivity contribution < 1.29 is 19.8 Å². The third kappa shape index (κ3) is 5.72. The number of nitrogens with one attached hydrogen (secondary N) is 2. The second-order valence-corrected chi connectivity index (χ2v) is 10.8. The van der Waals surface area contributed by atoms with Crippen molar-refractivity contribution in [3.63, 3.8) is 0 Å². The first-order chi connectivity index (χ1) is 17.9. The number of carbonyl (C=O) groups is 2. The van der Waals surface area contributed by atoms with Crippen molar-refractivity contribution >= 4 is 22.7 Å². The second kappa shape index (κ2) is 11.1. The van der Waals surface area contributed by atoms with E-state index in [0.717, 1.165) is 49.4 Å². The fraction of sp³-hybridized carbons (Fsp3) is 0.536. The number of nitrogens with two attached hydrogens (primary N) is 1. The van der Waals surface area contributed by atoms with Gasteiger partial charge in [0.15, 0.2) is 0 Å². The lowest BCUT2D eigenvalue weighted by Gasteiger charge is -2.42. The Morgan fingerprint density at radius 3 is 2.51 bits per heavy atom. The first-order valence-electron chi connectivity index (χ1n) is 13.5. The quantitative estimate of drug-likeness (QED) is 0.271. The molecule has 9 heteroatoms. The van der Waals surface area contributed by atoms with Gasteiger partial charge in [0.2, 0.25) is 5.91 Å². The summed E-state index contributed by atoms with van der Waals surface area (Å²) >= 11 is 0. The lowest BCUT2D eigenvalue weighted by Crippen LogP contribution is -2.60. The number of amides is 2. The number of rotatable bonds is 11. The summed E-state index contributed by atoms with van der Waals surface area (Å²) in [6.45, 7) is 0. The van der Waals surface area contributed by atoms with Crippen LogP contribution in [0.5, 0.6) is 0 Å². The summed E-state index contributed by atoms with van der Waals surface area (Å²) in [5.74, 6) is -0.782. The number of nitrogens with zero attached hydrogens (tertiary/aromatic N) is 2. The smallest absolute Gasteiger partial charge is 0.271 e. The number of aromatic nitrogens is 3. The van der Waals surface area contributed by atoms with Gasteiger partial charge in [-0.2, -0.15) is 0 Å². The van der Waals surface area contributed by atoms with Crippen LogP contribution in [-0.4, -0.2) is 66.2 Å². The molecule has 2 amide bonds. The van der Waals surface area contributed by atoms with E-state index in [2.05, 4.69) is 15.0 Å². The number of H-pyrrole nitrogens is 2. The topological polar surface area (TPSA) is 148 Å². The molecular weight excluding hydrogens is 470 g/mol. The molecule has 3 aromatic rings. The van der Waals surface area contributed by atoms with Crippen molar-refractivity contribution in [3.8, 4) is 0 Å². The molecule has 2 saturated carbocycles. The van der Waals surface area contributed by atoms with Gasteiger partial charge >= 0.3 is 0 Å². The average molecular weight is 508 g/mol. The minimum Gasteiger partial charge on any atom is -0.390 e. The van der Waals surface area contributed by atoms with Crippen molar-refractivity contribution in [2.24, 2.45) is 17.6 Å². The van der Waals surface area contributed by atoms with Gasteiger partial charge in [-0.05, 0) is 43.2 Å². The van der Waals surface area contributed by atoms with Gasteiger partial charge in [0, 0.05) is 29.2 Å². The number of aliphatic hydroxyl groups excluding tert-OH is 2. The van der Waals surface area contributed by atoms with E-state index >= 15 is 0 Å². The van der Waals surface area contributed by atoms with Gasteiger partial charge in [-0.1, -0.05) is 50.3 Å². The van der Waals surface area contributed by atoms with Crippen LogP contribution < -0.4 is 5.73 Å². The van der Waals surface area contributed by atoms with Crippen LogP contribution in [0, 0.1) is 11.8 Å². The Kier molecular flexibility index (Phi) is 7.62. The van der Waals surface area contributed by atoms with Gasteiger partial charge in [0.1, 0.15) is 17.8 Å². The molecular formula is C28H37N5O4.